The number of piperazine rings is 1. The van der Waals surface area contributed by atoms with Crippen molar-refractivity contribution in [3.05, 3.63) is 47.9 Å². The predicted octanol–water partition coefficient (Wildman–Crippen LogP) is 0.938. The number of rotatable bonds is 3. The van der Waals surface area contributed by atoms with Gasteiger partial charge in [0.05, 0.1) is 0 Å². The van der Waals surface area contributed by atoms with Crippen molar-refractivity contribution in [1.29, 1.82) is 0 Å². The van der Waals surface area contributed by atoms with Gasteiger partial charge >= 0.3 is 0 Å². The topological polar surface area (TPSA) is 92.7 Å². The van der Waals surface area contributed by atoms with Crippen LogP contribution in [0.25, 0.3) is 0 Å². The quantitative estimate of drug-likeness (QED) is 0.903. The zero-order valence-corrected chi connectivity index (χ0v) is 13.1. The summed E-state index contributed by atoms with van der Waals surface area (Å²) in [6.07, 6.45) is 1.27. The number of hydrogen-bond acceptors (Lipinski definition) is 5. The predicted molar refractivity (Wildman–Crippen MR) is 83.9 cm³/mol. The molecule has 1 fully saturated rings. The Kier molecular flexibility index (Phi) is 4.20. The lowest BCUT2D eigenvalue weighted by molar-refractivity contribution is -0.122. The van der Waals surface area contributed by atoms with E-state index in [1.807, 2.05) is 4.90 Å². The summed E-state index contributed by atoms with van der Waals surface area (Å²) >= 11 is 0. The van der Waals surface area contributed by atoms with Gasteiger partial charge in [0.1, 0.15) is 18.1 Å². The van der Waals surface area contributed by atoms with E-state index in [2.05, 4.69) is 4.98 Å². The standard InChI is InChI=1S/C16H17FN4O3/c1-10-19-13(9-24-10)16(23)21-7-6-20(8-14(21)15(18)22)12-4-2-11(17)3-5-12/h2-5,9,14H,6-8H2,1H3,(H2,18,22). The van der Waals surface area contributed by atoms with Gasteiger partial charge in [-0.15, -0.1) is 0 Å². The number of nitrogens with two attached hydrogens (primary N) is 1. The van der Waals surface area contributed by atoms with Crippen molar-refractivity contribution in [2.24, 2.45) is 5.73 Å². The van der Waals surface area contributed by atoms with Crippen LogP contribution >= 0.6 is 0 Å². The van der Waals surface area contributed by atoms with E-state index in [4.69, 9.17) is 10.2 Å². The Balaban J connectivity index is 1.80. The monoisotopic (exact) mass is 332 g/mol. The van der Waals surface area contributed by atoms with E-state index in [-0.39, 0.29) is 18.1 Å². The first kappa shape index (κ1) is 16.0. The molecule has 2 aromatic rings. The molecular weight excluding hydrogens is 315 g/mol. The van der Waals surface area contributed by atoms with Crippen LogP contribution < -0.4 is 10.6 Å². The fraction of sp³-hybridized carbons (Fsp3) is 0.312. The summed E-state index contributed by atoms with van der Waals surface area (Å²) in [5, 5.41) is 0. The molecular formula is C16H17FN4O3. The molecule has 1 aromatic heterocycles. The van der Waals surface area contributed by atoms with E-state index in [0.29, 0.717) is 19.0 Å². The van der Waals surface area contributed by atoms with Gasteiger partial charge in [-0.3, -0.25) is 9.59 Å². The second-order valence-electron chi connectivity index (χ2n) is 5.59. The molecule has 1 aromatic carbocycles. The lowest BCUT2D eigenvalue weighted by atomic mass is 10.1. The van der Waals surface area contributed by atoms with Gasteiger partial charge in [-0.25, -0.2) is 9.37 Å². The van der Waals surface area contributed by atoms with Crippen LogP contribution in [0.2, 0.25) is 0 Å². The molecule has 1 atom stereocenters. The second kappa shape index (κ2) is 6.31. The average molecular weight is 332 g/mol. The number of aromatic nitrogens is 1. The van der Waals surface area contributed by atoms with Crippen LogP contribution in [0.5, 0.6) is 0 Å². The molecule has 0 aliphatic carbocycles. The second-order valence-corrected chi connectivity index (χ2v) is 5.59. The maximum atomic E-state index is 13.1. The fourth-order valence-electron chi connectivity index (χ4n) is 2.76. The highest BCUT2D eigenvalue weighted by Crippen LogP contribution is 2.21. The molecule has 24 heavy (non-hydrogen) atoms. The molecule has 0 bridgehead atoms. The van der Waals surface area contributed by atoms with E-state index in [1.165, 1.54) is 23.3 Å². The van der Waals surface area contributed by atoms with Gasteiger partial charge in [0.2, 0.25) is 5.91 Å². The van der Waals surface area contributed by atoms with Crippen molar-refractivity contribution in [3.63, 3.8) is 0 Å². The molecule has 1 saturated heterocycles. The van der Waals surface area contributed by atoms with Crippen LogP contribution in [0.4, 0.5) is 10.1 Å². The molecule has 2 N–H and O–H groups in total. The molecule has 1 unspecified atom stereocenters. The third-order valence-electron chi connectivity index (χ3n) is 4.00. The van der Waals surface area contributed by atoms with Gasteiger partial charge in [0.15, 0.2) is 11.6 Å². The maximum Gasteiger partial charge on any atom is 0.276 e. The maximum absolute atomic E-state index is 13.1. The molecule has 8 heteroatoms. The Morgan fingerprint density at radius 3 is 2.58 bits per heavy atom. The van der Waals surface area contributed by atoms with Crippen molar-refractivity contribution in [2.75, 3.05) is 24.5 Å². The number of halogens is 1. The third kappa shape index (κ3) is 3.08. The smallest absolute Gasteiger partial charge is 0.276 e. The molecule has 3 rings (SSSR count). The van der Waals surface area contributed by atoms with Crippen LogP contribution in [0.1, 0.15) is 16.4 Å². The lowest BCUT2D eigenvalue weighted by Crippen LogP contribution is -2.60. The summed E-state index contributed by atoms with van der Waals surface area (Å²) in [5.74, 6) is -0.955. The molecule has 0 spiro atoms. The van der Waals surface area contributed by atoms with Gasteiger partial charge in [0, 0.05) is 32.2 Å². The van der Waals surface area contributed by atoms with E-state index in [1.54, 1.807) is 19.1 Å². The number of hydrogen-bond donors (Lipinski definition) is 1. The van der Waals surface area contributed by atoms with E-state index in [9.17, 15) is 14.0 Å². The molecule has 1 aliphatic heterocycles. The summed E-state index contributed by atoms with van der Waals surface area (Å²) < 4.78 is 18.1. The van der Waals surface area contributed by atoms with Crippen molar-refractivity contribution < 1.29 is 18.4 Å². The van der Waals surface area contributed by atoms with Crippen LogP contribution in [-0.4, -0.2) is 47.4 Å². The number of carbonyl (C=O) groups excluding carboxylic acids is 2. The third-order valence-corrected chi connectivity index (χ3v) is 4.00. The number of benzene rings is 1. The number of aryl methyl sites for hydroxylation is 1. The first-order chi connectivity index (χ1) is 11.5. The number of primary amides is 1. The minimum absolute atomic E-state index is 0.147. The van der Waals surface area contributed by atoms with E-state index < -0.39 is 17.9 Å². The van der Waals surface area contributed by atoms with Crippen LogP contribution in [0.15, 0.2) is 34.9 Å². The fourth-order valence-corrected chi connectivity index (χ4v) is 2.76. The number of oxazole rings is 1. The lowest BCUT2D eigenvalue weighted by Gasteiger charge is -2.40. The first-order valence-electron chi connectivity index (χ1n) is 7.48. The van der Waals surface area contributed by atoms with Crippen molar-refractivity contribution in [1.82, 2.24) is 9.88 Å². The van der Waals surface area contributed by atoms with Crippen LogP contribution in [0, 0.1) is 12.7 Å². The highest BCUT2D eigenvalue weighted by molar-refractivity contribution is 5.96. The summed E-state index contributed by atoms with van der Waals surface area (Å²) in [6.45, 7) is 2.67. The number of carbonyl (C=O) groups is 2. The molecule has 126 valence electrons. The summed E-state index contributed by atoms with van der Waals surface area (Å²) in [5.41, 5.74) is 6.40. The number of anilines is 1. The Bertz CT molecular complexity index is 759. The van der Waals surface area contributed by atoms with Crippen molar-refractivity contribution in [2.45, 2.75) is 13.0 Å². The Morgan fingerprint density at radius 1 is 1.29 bits per heavy atom. The van der Waals surface area contributed by atoms with Gasteiger partial charge < -0.3 is 20.0 Å². The normalized spacial score (nSPS) is 17.8. The van der Waals surface area contributed by atoms with Gasteiger partial charge in [-0.2, -0.15) is 0 Å². The van der Waals surface area contributed by atoms with Gasteiger partial charge in [0.25, 0.3) is 5.91 Å². The average Bonchev–Trinajstić information content (AvgIpc) is 3.01. The van der Waals surface area contributed by atoms with Gasteiger partial charge in [-0.05, 0) is 24.3 Å². The van der Waals surface area contributed by atoms with Crippen molar-refractivity contribution in [3.8, 4) is 0 Å². The highest BCUT2D eigenvalue weighted by Gasteiger charge is 2.35. The zero-order valence-electron chi connectivity index (χ0n) is 13.1. The molecule has 0 radical (unpaired) electrons. The first-order valence-corrected chi connectivity index (χ1v) is 7.48. The van der Waals surface area contributed by atoms with Crippen molar-refractivity contribution >= 4 is 17.5 Å². The van der Waals surface area contributed by atoms with E-state index in [0.717, 1.165) is 5.69 Å². The number of nitrogens with zero attached hydrogens (tertiary/aromatic N) is 3. The molecule has 2 heterocycles. The zero-order chi connectivity index (χ0) is 17.3. The summed E-state index contributed by atoms with van der Waals surface area (Å²) in [6, 6.07) is 5.17. The minimum Gasteiger partial charge on any atom is -0.448 e. The largest absolute Gasteiger partial charge is 0.448 e. The molecule has 2 amide bonds. The molecule has 0 saturated carbocycles. The highest BCUT2D eigenvalue weighted by atomic mass is 19.1. The SMILES string of the molecule is Cc1nc(C(=O)N2CCN(c3ccc(F)cc3)CC2C(N)=O)co1. The van der Waals surface area contributed by atoms with E-state index >= 15 is 0 Å². The summed E-state index contributed by atoms with van der Waals surface area (Å²) in [7, 11) is 0. The minimum atomic E-state index is -0.798. The van der Waals surface area contributed by atoms with Crippen LogP contribution in [-0.2, 0) is 4.79 Å². The van der Waals surface area contributed by atoms with Gasteiger partial charge in [-0.1, -0.05) is 0 Å². The Morgan fingerprint density at radius 2 is 2.00 bits per heavy atom. The Labute approximate surface area is 137 Å². The van der Waals surface area contributed by atoms with Crippen LogP contribution in [0.3, 0.4) is 0 Å². The molecule has 7 nitrogen and oxygen atoms in total. The number of amides is 2. The Hall–Kier alpha value is -2.90. The molecule has 1 aliphatic rings. The summed E-state index contributed by atoms with van der Waals surface area (Å²) in [4.78, 5) is 31.7.